The molecule has 1 heterocycles. The van der Waals surface area contributed by atoms with Crippen molar-refractivity contribution < 1.29 is 14.0 Å². The van der Waals surface area contributed by atoms with Gasteiger partial charge in [0.2, 0.25) is 11.8 Å². The molecule has 118 valence electrons. The second kappa shape index (κ2) is 6.07. The van der Waals surface area contributed by atoms with Crippen LogP contribution < -0.4 is 5.32 Å². The predicted octanol–water partition coefficient (Wildman–Crippen LogP) is 2.72. The first-order valence-electron chi connectivity index (χ1n) is 7.90. The highest BCUT2D eigenvalue weighted by molar-refractivity contribution is 5.93. The largest absolute Gasteiger partial charge is 0.342 e. The Labute approximate surface area is 129 Å². The highest BCUT2D eigenvalue weighted by Crippen LogP contribution is 2.32. The molecule has 0 bridgehead atoms. The number of hydrogen-bond donors (Lipinski definition) is 1. The lowest BCUT2D eigenvalue weighted by Gasteiger charge is -2.31. The van der Waals surface area contributed by atoms with Crippen molar-refractivity contribution in [3.05, 3.63) is 29.6 Å². The Bertz CT molecular complexity index is 590. The van der Waals surface area contributed by atoms with Crippen molar-refractivity contribution in [3.63, 3.8) is 0 Å². The van der Waals surface area contributed by atoms with E-state index in [-0.39, 0.29) is 29.3 Å². The maximum Gasteiger partial charge on any atom is 0.227 e. The average molecular weight is 304 g/mol. The summed E-state index contributed by atoms with van der Waals surface area (Å²) in [7, 11) is 0. The number of carbonyl (C=O) groups is 2. The topological polar surface area (TPSA) is 49.4 Å². The Kier molecular flexibility index (Phi) is 4.14. The van der Waals surface area contributed by atoms with Crippen molar-refractivity contribution in [3.8, 4) is 0 Å². The number of halogens is 1. The predicted molar refractivity (Wildman–Crippen MR) is 81.8 cm³/mol. The zero-order chi connectivity index (χ0) is 15.7. The minimum atomic E-state index is -0.408. The minimum Gasteiger partial charge on any atom is -0.342 e. The summed E-state index contributed by atoms with van der Waals surface area (Å²) < 4.78 is 13.8. The van der Waals surface area contributed by atoms with Gasteiger partial charge in [0.25, 0.3) is 0 Å². The van der Waals surface area contributed by atoms with Gasteiger partial charge < -0.3 is 10.2 Å². The van der Waals surface area contributed by atoms with Crippen LogP contribution in [-0.4, -0.2) is 29.8 Å². The molecule has 1 saturated carbocycles. The Morgan fingerprint density at radius 2 is 1.82 bits per heavy atom. The van der Waals surface area contributed by atoms with Crippen LogP contribution in [0.1, 0.15) is 31.2 Å². The summed E-state index contributed by atoms with van der Waals surface area (Å²) in [6.45, 7) is 3.06. The molecule has 1 aliphatic heterocycles. The van der Waals surface area contributed by atoms with Crippen LogP contribution in [0.2, 0.25) is 0 Å². The van der Waals surface area contributed by atoms with E-state index in [1.165, 1.54) is 6.07 Å². The van der Waals surface area contributed by atoms with E-state index in [0.717, 1.165) is 18.4 Å². The second-order valence-corrected chi connectivity index (χ2v) is 6.35. The molecular formula is C17H21FN2O2. The summed E-state index contributed by atoms with van der Waals surface area (Å²) in [5.41, 5.74) is 1.05. The lowest BCUT2D eigenvalue weighted by Crippen LogP contribution is -2.42. The van der Waals surface area contributed by atoms with Gasteiger partial charge in [0.05, 0.1) is 5.69 Å². The summed E-state index contributed by atoms with van der Waals surface area (Å²) in [5.74, 6) is -0.240. The summed E-state index contributed by atoms with van der Waals surface area (Å²) in [6.07, 6.45) is 3.31. The van der Waals surface area contributed by atoms with Gasteiger partial charge in [-0.2, -0.15) is 0 Å². The molecular weight excluding hydrogens is 283 g/mol. The van der Waals surface area contributed by atoms with Crippen molar-refractivity contribution in [2.45, 2.75) is 32.6 Å². The number of amides is 2. The fraction of sp³-hybridized carbons (Fsp3) is 0.529. The normalized spacial score (nSPS) is 19.1. The molecule has 2 aliphatic rings. The number of hydrogen-bond acceptors (Lipinski definition) is 2. The Morgan fingerprint density at radius 3 is 2.41 bits per heavy atom. The smallest absolute Gasteiger partial charge is 0.227 e. The molecule has 1 saturated heterocycles. The number of likely N-dealkylation sites (tertiary alicyclic amines) is 1. The number of carbonyl (C=O) groups excluding carboxylic acids is 2. The van der Waals surface area contributed by atoms with Crippen molar-refractivity contribution in [1.82, 2.24) is 4.90 Å². The second-order valence-electron chi connectivity index (χ2n) is 6.35. The van der Waals surface area contributed by atoms with Crippen LogP contribution in [0.5, 0.6) is 0 Å². The molecule has 0 unspecified atom stereocenters. The standard InChI is InChI=1S/C17H21FN2O2/c1-11-2-5-15(14(18)10-11)19-16(21)12-6-8-20(9-7-12)17(22)13-3-4-13/h2,5,10,12-13H,3-4,6-9H2,1H3,(H,19,21). The average Bonchev–Trinajstić information content (AvgIpc) is 3.34. The van der Waals surface area contributed by atoms with Gasteiger partial charge in [0.1, 0.15) is 5.82 Å². The van der Waals surface area contributed by atoms with Crippen molar-refractivity contribution in [1.29, 1.82) is 0 Å². The van der Waals surface area contributed by atoms with E-state index in [1.807, 2.05) is 4.90 Å². The van der Waals surface area contributed by atoms with E-state index in [9.17, 15) is 14.0 Å². The van der Waals surface area contributed by atoms with Crippen LogP contribution >= 0.6 is 0 Å². The first-order chi connectivity index (χ1) is 10.5. The zero-order valence-corrected chi connectivity index (χ0v) is 12.8. The van der Waals surface area contributed by atoms with Crippen molar-refractivity contribution >= 4 is 17.5 Å². The minimum absolute atomic E-state index is 0.149. The van der Waals surface area contributed by atoms with E-state index in [2.05, 4.69) is 5.32 Å². The maximum absolute atomic E-state index is 13.8. The van der Waals surface area contributed by atoms with Crippen LogP contribution in [0.15, 0.2) is 18.2 Å². The molecule has 1 N–H and O–H groups in total. The molecule has 1 aliphatic carbocycles. The maximum atomic E-state index is 13.8. The number of piperidine rings is 1. The van der Waals surface area contributed by atoms with Crippen molar-refractivity contribution in [2.24, 2.45) is 11.8 Å². The van der Waals surface area contributed by atoms with Gasteiger partial charge >= 0.3 is 0 Å². The molecule has 4 nitrogen and oxygen atoms in total. The molecule has 2 fully saturated rings. The monoisotopic (exact) mass is 304 g/mol. The van der Waals surface area contributed by atoms with Crippen LogP contribution in [-0.2, 0) is 9.59 Å². The van der Waals surface area contributed by atoms with Gasteiger partial charge in [-0.15, -0.1) is 0 Å². The van der Waals surface area contributed by atoms with Gasteiger partial charge in [-0.3, -0.25) is 9.59 Å². The fourth-order valence-corrected chi connectivity index (χ4v) is 2.91. The first-order valence-corrected chi connectivity index (χ1v) is 7.90. The number of rotatable bonds is 3. The first kappa shape index (κ1) is 15.0. The molecule has 0 radical (unpaired) electrons. The molecule has 22 heavy (non-hydrogen) atoms. The van der Waals surface area contributed by atoms with E-state index >= 15 is 0 Å². The molecule has 5 heteroatoms. The third kappa shape index (κ3) is 3.29. The molecule has 0 atom stereocenters. The third-order valence-electron chi connectivity index (χ3n) is 4.49. The molecule has 2 amide bonds. The number of nitrogens with one attached hydrogen (secondary N) is 1. The van der Waals surface area contributed by atoms with Crippen LogP contribution in [0.25, 0.3) is 0 Å². The molecule has 0 aromatic heterocycles. The number of benzene rings is 1. The highest BCUT2D eigenvalue weighted by Gasteiger charge is 2.36. The van der Waals surface area contributed by atoms with E-state index in [0.29, 0.717) is 25.9 Å². The van der Waals surface area contributed by atoms with Gasteiger partial charge in [0.15, 0.2) is 0 Å². The lowest BCUT2D eigenvalue weighted by molar-refractivity contribution is -0.135. The highest BCUT2D eigenvalue weighted by atomic mass is 19.1. The number of anilines is 1. The Hall–Kier alpha value is -1.91. The summed E-state index contributed by atoms with van der Waals surface area (Å²) in [6, 6.07) is 4.77. The number of nitrogens with zero attached hydrogens (tertiary/aromatic N) is 1. The van der Waals surface area contributed by atoms with E-state index in [4.69, 9.17) is 0 Å². The van der Waals surface area contributed by atoms with Gasteiger partial charge in [-0.25, -0.2) is 4.39 Å². The van der Waals surface area contributed by atoms with Gasteiger partial charge in [-0.1, -0.05) is 6.07 Å². The summed E-state index contributed by atoms with van der Waals surface area (Å²) in [4.78, 5) is 26.1. The van der Waals surface area contributed by atoms with Gasteiger partial charge in [0, 0.05) is 24.9 Å². The van der Waals surface area contributed by atoms with Crippen molar-refractivity contribution in [2.75, 3.05) is 18.4 Å². The quantitative estimate of drug-likeness (QED) is 0.933. The Morgan fingerprint density at radius 1 is 1.14 bits per heavy atom. The Balaban J connectivity index is 1.54. The SMILES string of the molecule is Cc1ccc(NC(=O)C2CCN(C(=O)C3CC3)CC2)c(F)c1. The summed E-state index contributed by atoms with van der Waals surface area (Å²) in [5, 5.41) is 2.67. The lowest BCUT2D eigenvalue weighted by atomic mass is 9.95. The van der Waals surface area contributed by atoms with Crippen LogP contribution in [0.3, 0.4) is 0 Å². The number of aryl methyl sites for hydroxylation is 1. The summed E-state index contributed by atoms with van der Waals surface area (Å²) >= 11 is 0. The zero-order valence-electron chi connectivity index (χ0n) is 12.8. The van der Waals surface area contributed by atoms with E-state index in [1.54, 1.807) is 19.1 Å². The third-order valence-corrected chi connectivity index (χ3v) is 4.49. The molecule has 3 rings (SSSR count). The molecule has 1 aromatic carbocycles. The van der Waals surface area contributed by atoms with Gasteiger partial charge in [-0.05, 0) is 50.3 Å². The fourth-order valence-electron chi connectivity index (χ4n) is 2.91. The van der Waals surface area contributed by atoms with E-state index < -0.39 is 5.82 Å². The van der Waals surface area contributed by atoms with Crippen LogP contribution in [0.4, 0.5) is 10.1 Å². The van der Waals surface area contributed by atoms with Crippen LogP contribution in [0, 0.1) is 24.6 Å². The molecule has 0 spiro atoms. The molecule has 1 aromatic rings.